The lowest BCUT2D eigenvalue weighted by atomic mass is 9.94. The number of anilines is 1. The molecule has 0 atom stereocenters. The first-order valence-corrected chi connectivity index (χ1v) is 9.31. The van der Waals surface area contributed by atoms with E-state index in [1.54, 1.807) is 18.2 Å². The van der Waals surface area contributed by atoms with Gasteiger partial charge >= 0.3 is 0 Å². The van der Waals surface area contributed by atoms with Crippen molar-refractivity contribution in [2.45, 2.75) is 45.1 Å². The quantitative estimate of drug-likeness (QED) is 0.872. The first kappa shape index (κ1) is 18.2. The second-order valence-electron chi connectivity index (χ2n) is 7.02. The molecule has 3 rings (SSSR count). The number of hydrogen-bond acceptors (Lipinski definition) is 2. The lowest BCUT2D eigenvalue weighted by molar-refractivity contribution is 0.0697. The Hall–Kier alpha value is -2.62. The molecule has 4 heteroatoms. The van der Waals surface area contributed by atoms with E-state index in [4.69, 9.17) is 0 Å². The monoisotopic (exact) mass is 350 g/mol. The molecule has 2 aromatic carbocycles. The summed E-state index contributed by atoms with van der Waals surface area (Å²) < 4.78 is 0. The standard InChI is InChI=1S/C22H26N2O2/c1-16-10-6-7-13-18(16)21(25)23-20-15-9-8-14-19(20)22(26)24(2)17-11-4-3-5-12-17/h6-10,13-15,17H,3-5,11-12H2,1-2H3,(H,23,25). The van der Waals surface area contributed by atoms with Gasteiger partial charge in [0.25, 0.3) is 11.8 Å². The van der Waals surface area contributed by atoms with Crippen molar-refractivity contribution in [3.8, 4) is 0 Å². The predicted molar refractivity (Wildman–Crippen MR) is 105 cm³/mol. The topological polar surface area (TPSA) is 49.4 Å². The third-order valence-corrected chi connectivity index (χ3v) is 5.24. The maximum Gasteiger partial charge on any atom is 0.255 e. The maximum absolute atomic E-state index is 13.0. The zero-order valence-corrected chi connectivity index (χ0v) is 15.5. The molecule has 0 saturated heterocycles. The molecule has 1 aliphatic carbocycles. The molecular formula is C22H26N2O2. The van der Waals surface area contributed by atoms with Crippen LogP contribution in [0, 0.1) is 6.92 Å². The summed E-state index contributed by atoms with van der Waals surface area (Å²) in [6.07, 6.45) is 5.71. The molecule has 4 nitrogen and oxygen atoms in total. The highest BCUT2D eigenvalue weighted by molar-refractivity contribution is 6.09. The third kappa shape index (κ3) is 3.96. The van der Waals surface area contributed by atoms with Crippen molar-refractivity contribution in [3.63, 3.8) is 0 Å². The van der Waals surface area contributed by atoms with E-state index >= 15 is 0 Å². The van der Waals surface area contributed by atoms with Gasteiger partial charge in [-0.25, -0.2) is 0 Å². The van der Waals surface area contributed by atoms with Gasteiger partial charge in [0.2, 0.25) is 0 Å². The minimum atomic E-state index is -0.191. The highest BCUT2D eigenvalue weighted by atomic mass is 16.2. The van der Waals surface area contributed by atoms with Gasteiger partial charge < -0.3 is 10.2 Å². The Morgan fingerprint density at radius 1 is 0.923 bits per heavy atom. The van der Waals surface area contributed by atoms with E-state index in [9.17, 15) is 9.59 Å². The molecule has 0 heterocycles. The van der Waals surface area contributed by atoms with Gasteiger partial charge in [-0.1, -0.05) is 49.6 Å². The Balaban J connectivity index is 1.80. The number of aryl methyl sites for hydroxylation is 1. The van der Waals surface area contributed by atoms with Crippen molar-refractivity contribution in [3.05, 3.63) is 65.2 Å². The second kappa shape index (κ2) is 8.17. The number of nitrogens with one attached hydrogen (secondary N) is 1. The molecule has 0 spiro atoms. The van der Waals surface area contributed by atoms with Crippen molar-refractivity contribution in [1.29, 1.82) is 0 Å². The molecule has 1 saturated carbocycles. The van der Waals surface area contributed by atoms with E-state index in [-0.39, 0.29) is 17.9 Å². The highest BCUT2D eigenvalue weighted by Crippen LogP contribution is 2.25. The van der Waals surface area contributed by atoms with Gasteiger partial charge in [0.05, 0.1) is 11.3 Å². The summed E-state index contributed by atoms with van der Waals surface area (Å²) >= 11 is 0. The summed E-state index contributed by atoms with van der Waals surface area (Å²) in [5, 5.41) is 2.92. The molecule has 0 unspecified atom stereocenters. The fraction of sp³-hybridized carbons (Fsp3) is 0.364. The predicted octanol–water partition coefficient (Wildman–Crippen LogP) is 4.65. The molecule has 0 aromatic heterocycles. The molecule has 136 valence electrons. The molecular weight excluding hydrogens is 324 g/mol. The van der Waals surface area contributed by atoms with Crippen molar-refractivity contribution in [2.24, 2.45) is 0 Å². The second-order valence-corrected chi connectivity index (χ2v) is 7.02. The molecule has 1 aliphatic rings. The summed E-state index contributed by atoms with van der Waals surface area (Å²) in [6, 6.07) is 15.0. The largest absolute Gasteiger partial charge is 0.339 e. The number of nitrogens with zero attached hydrogens (tertiary/aromatic N) is 1. The van der Waals surface area contributed by atoms with Crippen LogP contribution in [-0.2, 0) is 0 Å². The van der Waals surface area contributed by atoms with Crippen LogP contribution in [0.15, 0.2) is 48.5 Å². The number of carbonyl (C=O) groups is 2. The van der Waals surface area contributed by atoms with Gasteiger partial charge in [0, 0.05) is 18.7 Å². The molecule has 1 N–H and O–H groups in total. The van der Waals surface area contributed by atoms with Gasteiger partial charge in [-0.15, -0.1) is 0 Å². The Labute approximate surface area is 155 Å². The average Bonchev–Trinajstić information content (AvgIpc) is 2.68. The fourth-order valence-corrected chi connectivity index (χ4v) is 3.62. The summed E-state index contributed by atoms with van der Waals surface area (Å²) in [5.74, 6) is -0.221. The highest BCUT2D eigenvalue weighted by Gasteiger charge is 2.25. The molecule has 0 bridgehead atoms. The lowest BCUT2D eigenvalue weighted by Gasteiger charge is -2.31. The SMILES string of the molecule is Cc1ccccc1C(=O)Nc1ccccc1C(=O)N(C)C1CCCCC1. The van der Waals surface area contributed by atoms with E-state index in [1.807, 2.05) is 49.2 Å². The molecule has 26 heavy (non-hydrogen) atoms. The maximum atomic E-state index is 13.0. The van der Waals surface area contributed by atoms with Gasteiger partial charge in [-0.05, 0) is 43.5 Å². The smallest absolute Gasteiger partial charge is 0.255 e. The Bertz CT molecular complexity index is 794. The van der Waals surface area contributed by atoms with Crippen LogP contribution in [0.1, 0.15) is 58.4 Å². The zero-order chi connectivity index (χ0) is 18.5. The number of para-hydroxylation sites is 1. The normalized spacial score (nSPS) is 14.7. The van der Waals surface area contributed by atoms with Gasteiger partial charge in [0.1, 0.15) is 0 Å². The van der Waals surface area contributed by atoms with E-state index < -0.39 is 0 Å². The molecule has 2 amide bonds. The summed E-state index contributed by atoms with van der Waals surface area (Å²) in [6.45, 7) is 1.91. The van der Waals surface area contributed by atoms with Crippen LogP contribution in [0.2, 0.25) is 0 Å². The van der Waals surface area contributed by atoms with Crippen LogP contribution in [-0.4, -0.2) is 29.8 Å². The van der Waals surface area contributed by atoms with Crippen molar-refractivity contribution in [1.82, 2.24) is 4.90 Å². The van der Waals surface area contributed by atoms with Crippen LogP contribution in [0.5, 0.6) is 0 Å². The molecule has 1 fully saturated rings. The van der Waals surface area contributed by atoms with E-state index in [2.05, 4.69) is 5.32 Å². The van der Waals surface area contributed by atoms with E-state index in [0.29, 0.717) is 16.8 Å². The van der Waals surface area contributed by atoms with Crippen molar-refractivity contribution in [2.75, 3.05) is 12.4 Å². The van der Waals surface area contributed by atoms with Crippen LogP contribution >= 0.6 is 0 Å². The van der Waals surface area contributed by atoms with E-state index in [1.165, 1.54) is 19.3 Å². The number of rotatable bonds is 4. The van der Waals surface area contributed by atoms with Crippen LogP contribution in [0.25, 0.3) is 0 Å². The number of hydrogen-bond donors (Lipinski definition) is 1. The summed E-state index contributed by atoms with van der Waals surface area (Å²) in [5.41, 5.74) is 2.64. The minimum absolute atomic E-state index is 0.0300. The first-order valence-electron chi connectivity index (χ1n) is 9.31. The van der Waals surface area contributed by atoms with E-state index in [0.717, 1.165) is 18.4 Å². The van der Waals surface area contributed by atoms with Gasteiger partial charge in [0.15, 0.2) is 0 Å². The minimum Gasteiger partial charge on any atom is -0.339 e. The lowest BCUT2D eigenvalue weighted by Crippen LogP contribution is -2.38. The Morgan fingerprint density at radius 2 is 1.54 bits per heavy atom. The Kier molecular flexibility index (Phi) is 5.71. The van der Waals surface area contributed by atoms with Crippen molar-refractivity contribution < 1.29 is 9.59 Å². The third-order valence-electron chi connectivity index (χ3n) is 5.24. The van der Waals surface area contributed by atoms with Crippen molar-refractivity contribution >= 4 is 17.5 Å². The van der Waals surface area contributed by atoms with Crippen LogP contribution in [0.4, 0.5) is 5.69 Å². The van der Waals surface area contributed by atoms with Gasteiger partial charge in [-0.2, -0.15) is 0 Å². The molecule has 0 radical (unpaired) electrons. The zero-order valence-electron chi connectivity index (χ0n) is 15.5. The Morgan fingerprint density at radius 3 is 2.23 bits per heavy atom. The van der Waals surface area contributed by atoms with Crippen LogP contribution < -0.4 is 5.32 Å². The van der Waals surface area contributed by atoms with Gasteiger partial charge in [-0.3, -0.25) is 9.59 Å². The summed E-state index contributed by atoms with van der Waals surface area (Å²) in [7, 11) is 1.87. The number of benzene rings is 2. The fourth-order valence-electron chi connectivity index (χ4n) is 3.62. The first-order chi connectivity index (χ1) is 12.6. The average molecular weight is 350 g/mol. The number of carbonyl (C=O) groups excluding carboxylic acids is 2. The molecule has 0 aliphatic heterocycles. The van der Waals surface area contributed by atoms with Crippen LogP contribution in [0.3, 0.4) is 0 Å². The number of amides is 2. The summed E-state index contributed by atoms with van der Waals surface area (Å²) in [4.78, 5) is 27.5. The molecule has 2 aromatic rings.